The number of halogens is 2. The Labute approximate surface area is 245 Å². The fourth-order valence-corrected chi connectivity index (χ4v) is 5.50. The summed E-state index contributed by atoms with van der Waals surface area (Å²) in [5, 5.41) is 18.1. The van der Waals surface area contributed by atoms with Crippen LogP contribution in [-0.2, 0) is 19.4 Å². The zero-order valence-electron chi connectivity index (χ0n) is 24.2. The third kappa shape index (κ3) is 9.69. The number of aliphatic hydroxyl groups excluding tert-OH is 1. The summed E-state index contributed by atoms with van der Waals surface area (Å²) in [5.74, 6) is -2.10. The Morgan fingerprint density at radius 2 is 1.66 bits per heavy atom. The van der Waals surface area contributed by atoms with Crippen LogP contribution in [0.25, 0.3) is 0 Å². The first kappa shape index (κ1) is 32.3. The number of hydrogen-bond acceptors (Lipinski definition) is 6. The molecule has 0 saturated carbocycles. The molecule has 7 nitrogen and oxygen atoms in total. The molecule has 3 N–H and O–H groups in total. The van der Waals surface area contributed by atoms with Gasteiger partial charge in [-0.25, -0.2) is 13.8 Å². The molecule has 222 valence electrons. The predicted octanol–water partition coefficient (Wildman–Crippen LogP) is 5.05. The molecule has 0 aliphatic heterocycles. The molecule has 0 fully saturated rings. The Bertz CT molecular complexity index is 1290. The number of carbonyl (C=O) groups excluding carboxylic acids is 2. The van der Waals surface area contributed by atoms with Gasteiger partial charge in [0.1, 0.15) is 11.6 Å². The highest BCUT2D eigenvalue weighted by Crippen LogP contribution is 2.17. The van der Waals surface area contributed by atoms with Crippen LogP contribution >= 0.6 is 11.3 Å². The number of amides is 2. The van der Waals surface area contributed by atoms with Crippen molar-refractivity contribution in [3.63, 3.8) is 0 Å². The number of hydrogen-bond donors (Lipinski definition) is 3. The SMILES string of the molecule is CCCN(CCC)C(=O)c1cc(C)cc(C(=O)N[C@@H](Cc2cc(F)cc(F)c2)[C@H](O)CNCc2cnc(CC)s2)c1. The summed E-state index contributed by atoms with van der Waals surface area (Å²) >= 11 is 1.58. The molecule has 2 aromatic carbocycles. The van der Waals surface area contributed by atoms with Crippen LogP contribution < -0.4 is 10.6 Å². The zero-order valence-corrected chi connectivity index (χ0v) is 25.0. The van der Waals surface area contributed by atoms with Crippen LogP contribution in [0, 0.1) is 18.6 Å². The van der Waals surface area contributed by atoms with E-state index in [0.29, 0.717) is 30.8 Å². The van der Waals surface area contributed by atoms with Gasteiger partial charge in [-0.2, -0.15) is 0 Å². The summed E-state index contributed by atoms with van der Waals surface area (Å²) < 4.78 is 27.9. The first-order chi connectivity index (χ1) is 19.6. The Hall–Kier alpha value is -3.21. The van der Waals surface area contributed by atoms with Crippen molar-refractivity contribution < 1.29 is 23.5 Å². The van der Waals surface area contributed by atoms with Crippen molar-refractivity contribution in [3.8, 4) is 0 Å². The van der Waals surface area contributed by atoms with E-state index < -0.39 is 29.7 Å². The van der Waals surface area contributed by atoms with Crippen molar-refractivity contribution in [3.05, 3.63) is 86.4 Å². The van der Waals surface area contributed by atoms with Gasteiger partial charge >= 0.3 is 0 Å². The number of aromatic nitrogens is 1. The minimum absolute atomic E-state index is 0.00217. The topological polar surface area (TPSA) is 94.6 Å². The Balaban J connectivity index is 1.79. The molecule has 41 heavy (non-hydrogen) atoms. The lowest BCUT2D eigenvalue weighted by atomic mass is 9.99. The van der Waals surface area contributed by atoms with Crippen molar-refractivity contribution in [1.29, 1.82) is 0 Å². The van der Waals surface area contributed by atoms with E-state index in [4.69, 9.17) is 0 Å². The Kier molecular flexibility index (Phi) is 12.4. The predicted molar refractivity (Wildman–Crippen MR) is 158 cm³/mol. The molecule has 0 saturated heterocycles. The van der Waals surface area contributed by atoms with Gasteiger partial charge in [0.25, 0.3) is 11.8 Å². The minimum atomic E-state index is -1.07. The fourth-order valence-electron chi connectivity index (χ4n) is 4.67. The minimum Gasteiger partial charge on any atom is -0.390 e. The highest BCUT2D eigenvalue weighted by atomic mass is 32.1. The van der Waals surface area contributed by atoms with E-state index in [-0.39, 0.29) is 24.4 Å². The molecule has 0 radical (unpaired) electrons. The van der Waals surface area contributed by atoms with Gasteiger partial charge in [-0.1, -0.05) is 20.8 Å². The molecule has 3 rings (SSSR count). The van der Waals surface area contributed by atoms with E-state index in [1.807, 2.05) is 27.7 Å². The number of aliphatic hydroxyl groups is 1. The standard InChI is InChI=1S/C31H40F2N4O3S/c1-5-8-37(9-6-2)31(40)23-11-20(4)10-22(15-23)30(39)36-27(14-21-12-24(32)16-25(33)13-21)28(38)19-34-17-26-18-35-29(7-3)41-26/h10-13,15-16,18,27-28,34,38H,5-9,14,17,19H2,1-4H3,(H,36,39)/t27-,28+/m0/s1. The quantitative estimate of drug-likeness (QED) is 0.232. The molecule has 0 spiro atoms. The third-order valence-electron chi connectivity index (χ3n) is 6.58. The van der Waals surface area contributed by atoms with Gasteiger partial charge in [0.15, 0.2) is 0 Å². The lowest BCUT2D eigenvalue weighted by Gasteiger charge is -2.25. The second kappa shape index (κ2) is 15.7. The van der Waals surface area contributed by atoms with Gasteiger partial charge in [-0.3, -0.25) is 9.59 Å². The van der Waals surface area contributed by atoms with Gasteiger partial charge in [-0.05, 0) is 74.1 Å². The van der Waals surface area contributed by atoms with Crippen LogP contribution in [0.4, 0.5) is 8.78 Å². The van der Waals surface area contributed by atoms with Crippen molar-refractivity contribution >= 4 is 23.2 Å². The first-order valence-corrected chi connectivity index (χ1v) is 14.9. The van der Waals surface area contributed by atoms with E-state index in [9.17, 15) is 23.5 Å². The molecule has 0 aliphatic carbocycles. The molecule has 1 heterocycles. The van der Waals surface area contributed by atoms with E-state index >= 15 is 0 Å². The second-order valence-corrected chi connectivity index (χ2v) is 11.4. The molecule has 3 aromatic rings. The third-order valence-corrected chi connectivity index (χ3v) is 7.72. The molecule has 2 atom stereocenters. The van der Waals surface area contributed by atoms with Gasteiger partial charge in [0, 0.05) is 54.4 Å². The molecule has 0 bridgehead atoms. The van der Waals surface area contributed by atoms with Crippen molar-refractivity contribution in [2.45, 2.75) is 72.1 Å². The number of thiazole rings is 1. The number of nitrogens with one attached hydrogen (secondary N) is 2. The molecule has 10 heteroatoms. The monoisotopic (exact) mass is 586 g/mol. The van der Waals surface area contributed by atoms with Crippen LogP contribution in [0.1, 0.15) is 75.3 Å². The van der Waals surface area contributed by atoms with E-state index in [2.05, 4.69) is 15.6 Å². The zero-order chi connectivity index (χ0) is 29.9. The molecular weight excluding hydrogens is 546 g/mol. The van der Waals surface area contributed by atoms with Crippen molar-refractivity contribution in [1.82, 2.24) is 20.5 Å². The summed E-state index contributed by atoms with van der Waals surface area (Å²) in [7, 11) is 0. The Morgan fingerprint density at radius 3 is 2.27 bits per heavy atom. The normalized spacial score (nSPS) is 12.7. The highest BCUT2D eigenvalue weighted by molar-refractivity contribution is 7.11. The van der Waals surface area contributed by atoms with Crippen molar-refractivity contribution in [2.24, 2.45) is 0 Å². The van der Waals surface area contributed by atoms with E-state index in [1.165, 1.54) is 12.1 Å². The maximum absolute atomic E-state index is 13.9. The highest BCUT2D eigenvalue weighted by Gasteiger charge is 2.24. The fraction of sp³-hybridized carbons (Fsp3) is 0.452. The average molecular weight is 587 g/mol. The molecule has 0 aliphatic rings. The summed E-state index contributed by atoms with van der Waals surface area (Å²) in [6.45, 7) is 9.71. The van der Waals surface area contributed by atoms with Crippen LogP contribution in [0.5, 0.6) is 0 Å². The number of aryl methyl sites for hydroxylation is 2. The summed E-state index contributed by atoms with van der Waals surface area (Å²) in [6, 6.07) is 7.28. The van der Waals surface area contributed by atoms with Gasteiger partial charge in [0.2, 0.25) is 0 Å². The van der Waals surface area contributed by atoms with E-state index in [1.54, 1.807) is 40.6 Å². The Morgan fingerprint density at radius 1 is 1.00 bits per heavy atom. The van der Waals surface area contributed by atoms with Crippen molar-refractivity contribution in [2.75, 3.05) is 19.6 Å². The number of rotatable bonds is 15. The number of benzene rings is 2. The lowest BCUT2D eigenvalue weighted by molar-refractivity contribution is 0.0755. The average Bonchev–Trinajstić information content (AvgIpc) is 3.39. The molecule has 1 aromatic heterocycles. The second-order valence-electron chi connectivity index (χ2n) is 10.2. The van der Waals surface area contributed by atoms with Crippen LogP contribution in [0.15, 0.2) is 42.6 Å². The summed E-state index contributed by atoms with van der Waals surface area (Å²) in [5.41, 5.74) is 1.74. The van der Waals surface area contributed by atoms with Crippen LogP contribution in [0.3, 0.4) is 0 Å². The largest absolute Gasteiger partial charge is 0.390 e. The molecule has 0 unspecified atom stereocenters. The maximum atomic E-state index is 13.9. The molecular formula is C31H40F2N4O3S. The van der Waals surface area contributed by atoms with Gasteiger partial charge in [-0.15, -0.1) is 11.3 Å². The van der Waals surface area contributed by atoms with Crippen LogP contribution in [-0.4, -0.2) is 58.6 Å². The summed E-state index contributed by atoms with van der Waals surface area (Å²) in [4.78, 5) is 33.8. The number of carbonyl (C=O) groups is 2. The molecule has 2 amide bonds. The van der Waals surface area contributed by atoms with Gasteiger partial charge < -0.3 is 20.6 Å². The maximum Gasteiger partial charge on any atom is 0.253 e. The van der Waals surface area contributed by atoms with Crippen LogP contribution in [0.2, 0.25) is 0 Å². The van der Waals surface area contributed by atoms with E-state index in [0.717, 1.165) is 40.8 Å². The smallest absolute Gasteiger partial charge is 0.253 e. The first-order valence-electron chi connectivity index (χ1n) is 14.1. The van der Waals surface area contributed by atoms with Gasteiger partial charge in [0.05, 0.1) is 17.2 Å². The summed E-state index contributed by atoms with van der Waals surface area (Å²) in [6.07, 6.45) is 3.20. The number of nitrogens with zero attached hydrogens (tertiary/aromatic N) is 2. The lowest BCUT2D eigenvalue weighted by Crippen LogP contribution is -2.48.